The molecule has 0 spiro atoms. The molecule has 9 heavy (non-hydrogen) atoms. The first-order chi connectivity index (χ1) is 4.26. The number of nitrogens with one attached hydrogen (secondary N) is 1. The van der Waals surface area contributed by atoms with Crippen molar-refractivity contribution >= 4 is 0 Å². The molecule has 0 heterocycles. The first-order valence-electron chi connectivity index (χ1n) is 3.33. The van der Waals surface area contributed by atoms with Crippen LogP contribution in [0.1, 0.15) is 20.3 Å². The summed E-state index contributed by atoms with van der Waals surface area (Å²) >= 11 is 0. The molecule has 0 saturated heterocycles. The van der Waals surface area contributed by atoms with Crippen LogP contribution in [0.5, 0.6) is 0 Å². The van der Waals surface area contributed by atoms with E-state index in [9.17, 15) is 0 Å². The van der Waals surface area contributed by atoms with Crippen molar-refractivity contribution in [3.8, 4) is 6.07 Å². The van der Waals surface area contributed by atoms with Crippen LogP contribution in [-0.2, 0) is 0 Å². The van der Waals surface area contributed by atoms with Crippen molar-refractivity contribution in [1.82, 2.24) is 5.32 Å². The molecule has 0 aliphatic carbocycles. The molecule has 52 valence electrons. The Hall–Kier alpha value is -0.550. The molecule has 2 nitrogen and oxygen atoms in total. The Morgan fingerprint density at radius 3 is 2.33 bits per heavy atom. The maximum Gasteiger partial charge on any atom is 0.0976 e. The average Bonchev–Trinajstić information content (AvgIpc) is 1.90. The maximum atomic E-state index is 8.52. The van der Waals surface area contributed by atoms with Crippen LogP contribution in [-0.4, -0.2) is 13.1 Å². The molecular weight excluding hydrogens is 112 g/mol. The third-order valence-electron chi connectivity index (χ3n) is 1.66. The quantitative estimate of drug-likeness (QED) is 0.615. The van der Waals surface area contributed by atoms with Crippen molar-refractivity contribution in [2.45, 2.75) is 26.3 Å². The van der Waals surface area contributed by atoms with Gasteiger partial charge >= 0.3 is 0 Å². The third kappa shape index (κ3) is 2.48. The normalized spacial score (nSPS) is 16.2. The van der Waals surface area contributed by atoms with Crippen molar-refractivity contribution in [2.24, 2.45) is 5.92 Å². The first-order valence-corrected chi connectivity index (χ1v) is 3.33. The zero-order valence-corrected chi connectivity index (χ0v) is 6.31. The monoisotopic (exact) mass is 126 g/mol. The van der Waals surface area contributed by atoms with Crippen molar-refractivity contribution in [3.05, 3.63) is 0 Å². The van der Waals surface area contributed by atoms with E-state index in [1.807, 2.05) is 7.05 Å². The number of nitriles is 1. The van der Waals surface area contributed by atoms with Gasteiger partial charge in [0.05, 0.1) is 12.1 Å². The molecule has 0 radical (unpaired) electrons. The predicted octanol–water partition coefficient (Wildman–Crippen LogP) is 1.14. The summed E-state index contributed by atoms with van der Waals surface area (Å²) < 4.78 is 0. The summed E-state index contributed by atoms with van der Waals surface area (Å²) in [6, 6.07) is 2.21. The molecule has 2 atom stereocenters. The highest BCUT2D eigenvalue weighted by molar-refractivity contribution is 4.91. The van der Waals surface area contributed by atoms with Gasteiger partial charge in [0.2, 0.25) is 0 Å². The lowest BCUT2D eigenvalue weighted by atomic mass is 10.0. The molecular formula is C7H14N2. The second kappa shape index (κ2) is 4.34. The highest BCUT2D eigenvalue weighted by Crippen LogP contribution is 2.04. The van der Waals surface area contributed by atoms with Crippen LogP contribution in [0.25, 0.3) is 0 Å². The predicted molar refractivity (Wildman–Crippen MR) is 37.9 cm³/mol. The molecule has 0 aromatic rings. The molecule has 0 aromatic heterocycles. The molecule has 1 N–H and O–H groups in total. The molecule has 0 amide bonds. The molecule has 0 fully saturated rings. The summed E-state index contributed by atoms with van der Waals surface area (Å²) in [6.07, 6.45) is 1.05. The van der Waals surface area contributed by atoms with E-state index in [0.29, 0.717) is 5.92 Å². The molecule has 0 aliphatic rings. The minimum Gasteiger partial charge on any atom is -0.305 e. The van der Waals surface area contributed by atoms with Gasteiger partial charge in [0.15, 0.2) is 0 Å². The molecule has 1 unspecified atom stereocenters. The Bertz CT molecular complexity index is 104. The third-order valence-corrected chi connectivity index (χ3v) is 1.66. The van der Waals surface area contributed by atoms with Gasteiger partial charge in [-0.2, -0.15) is 5.26 Å². The molecule has 0 rings (SSSR count). The Morgan fingerprint density at radius 1 is 1.67 bits per heavy atom. The van der Waals surface area contributed by atoms with Crippen LogP contribution in [0.3, 0.4) is 0 Å². The summed E-state index contributed by atoms with van der Waals surface area (Å²) in [5.74, 6) is 0.458. The van der Waals surface area contributed by atoms with Crippen molar-refractivity contribution < 1.29 is 0 Å². The van der Waals surface area contributed by atoms with E-state index in [0.717, 1.165) is 6.42 Å². The average molecular weight is 126 g/mol. The highest BCUT2D eigenvalue weighted by Gasteiger charge is 2.10. The second-order valence-electron chi connectivity index (χ2n) is 2.28. The van der Waals surface area contributed by atoms with Crippen LogP contribution in [0.4, 0.5) is 0 Å². The molecule has 0 bridgehead atoms. The molecule has 0 aliphatic heterocycles. The molecule has 2 heteroatoms. The lowest BCUT2D eigenvalue weighted by Crippen LogP contribution is -2.29. The van der Waals surface area contributed by atoms with Crippen molar-refractivity contribution in [2.75, 3.05) is 7.05 Å². The topological polar surface area (TPSA) is 35.8 Å². The summed E-state index contributed by atoms with van der Waals surface area (Å²) in [5, 5.41) is 11.5. The number of hydrogen-bond acceptors (Lipinski definition) is 2. The number of nitrogens with zero attached hydrogens (tertiary/aromatic N) is 1. The van der Waals surface area contributed by atoms with Crippen molar-refractivity contribution in [3.63, 3.8) is 0 Å². The van der Waals surface area contributed by atoms with E-state index >= 15 is 0 Å². The zero-order valence-electron chi connectivity index (χ0n) is 6.31. The van der Waals surface area contributed by atoms with Gasteiger partial charge in [0, 0.05) is 0 Å². The van der Waals surface area contributed by atoms with E-state index in [2.05, 4.69) is 25.2 Å². The minimum absolute atomic E-state index is 0.0231. The Labute approximate surface area is 56.9 Å². The first kappa shape index (κ1) is 8.45. The standard InChI is InChI=1S/C7H14N2/c1-4-6(2)7(5-8)9-3/h6-7,9H,4H2,1-3H3/t6-,7?/m1/s1. The highest BCUT2D eigenvalue weighted by atomic mass is 14.9. The fourth-order valence-corrected chi connectivity index (χ4v) is 0.712. The van der Waals surface area contributed by atoms with Gasteiger partial charge < -0.3 is 5.32 Å². The van der Waals surface area contributed by atoms with E-state index in [1.54, 1.807) is 0 Å². The van der Waals surface area contributed by atoms with Crippen LogP contribution >= 0.6 is 0 Å². The number of rotatable bonds is 3. The van der Waals surface area contributed by atoms with Crippen LogP contribution in [0.2, 0.25) is 0 Å². The van der Waals surface area contributed by atoms with E-state index in [4.69, 9.17) is 5.26 Å². The summed E-state index contributed by atoms with van der Waals surface area (Å²) in [4.78, 5) is 0. The van der Waals surface area contributed by atoms with Gasteiger partial charge in [0.25, 0.3) is 0 Å². The number of hydrogen-bond donors (Lipinski definition) is 1. The smallest absolute Gasteiger partial charge is 0.0976 e. The summed E-state index contributed by atoms with van der Waals surface area (Å²) in [5.41, 5.74) is 0. The summed E-state index contributed by atoms with van der Waals surface area (Å²) in [6.45, 7) is 4.16. The van der Waals surface area contributed by atoms with E-state index in [1.165, 1.54) is 0 Å². The second-order valence-corrected chi connectivity index (χ2v) is 2.28. The van der Waals surface area contributed by atoms with Gasteiger partial charge in [-0.1, -0.05) is 20.3 Å². The fraction of sp³-hybridized carbons (Fsp3) is 0.857. The summed E-state index contributed by atoms with van der Waals surface area (Å²) in [7, 11) is 1.82. The fourth-order valence-electron chi connectivity index (χ4n) is 0.712. The Kier molecular flexibility index (Phi) is 4.08. The van der Waals surface area contributed by atoms with Gasteiger partial charge in [-0.05, 0) is 13.0 Å². The maximum absolute atomic E-state index is 8.52. The SMILES string of the molecule is CC[C@@H](C)C(C#N)NC. The van der Waals surface area contributed by atoms with Crippen LogP contribution in [0, 0.1) is 17.2 Å². The van der Waals surface area contributed by atoms with Gasteiger partial charge in [-0.25, -0.2) is 0 Å². The Morgan fingerprint density at radius 2 is 2.22 bits per heavy atom. The van der Waals surface area contributed by atoms with Gasteiger partial charge in [-0.3, -0.25) is 0 Å². The minimum atomic E-state index is 0.0231. The van der Waals surface area contributed by atoms with Gasteiger partial charge in [0.1, 0.15) is 0 Å². The van der Waals surface area contributed by atoms with Crippen molar-refractivity contribution in [1.29, 1.82) is 5.26 Å². The largest absolute Gasteiger partial charge is 0.305 e. The molecule has 0 aromatic carbocycles. The Balaban J connectivity index is 3.68. The van der Waals surface area contributed by atoms with Gasteiger partial charge in [-0.15, -0.1) is 0 Å². The van der Waals surface area contributed by atoms with Crippen LogP contribution < -0.4 is 5.32 Å². The molecule has 0 saturated carbocycles. The van der Waals surface area contributed by atoms with E-state index < -0.39 is 0 Å². The van der Waals surface area contributed by atoms with E-state index in [-0.39, 0.29) is 6.04 Å². The van der Waals surface area contributed by atoms with Crippen LogP contribution in [0.15, 0.2) is 0 Å². The zero-order chi connectivity index (χ0) is 7.28. The lowest BCUT2D eigenvalue weighted by Gasteiger charge is -2.13. The lowest BCUT2D eigenvalue weighted by molar-refractivity contribution is 0.457.